The van der Waals surface area contributed by atoms with Crippen LogP contribution in [0.3, 0.4) is 0 Å². The van der Waals surface area contributed by atoms with Gasteiger partial charge in [-0.2, -0.15) is 0 Å². The Balaban J connectivity index is 1.50. The van der Waals surface area contributed by atoms with Crippen LogP contribution in [0.25, 0.3) is 0 Å². The molecule has 0 atom stereocenters. The summed E-state index contributed by atoms with van der Waals surface area (Å²) in [4.78, 5) is 14.3. The molecule has 1 N–H and O–H groups in total. The average Bonchev–Trinajstić information content (AvgIpc) is 2.81. The Morgan fingerprint density at radius 2 is 1.67 bits per heavy atom. The van der Waals surface area contributed by atoms with Crippen LogP contribution < -0.4 is 5.32 Å². The van der Waals surface area contributed by atoms with Crippen molar-refractivity contribution in [3.8, 4) is 0 Å². The van der Waals surface area contributed by atoms with Gasteiger partial charge in [0.1, 0.15) is 11.6 Å². The van der Waals surface area contributed by atoms with Gasteiger partial charge >= 0.3 is 0 Å². The van der Waals surface area contributed by atoms with Crippen LogP contribution in [0.1, 0.15) is 89.5 Å². The molecule has 4 nitrogen and oxygen atoms in total. The van der Waals surface area contributed by atoms with Crippen molar-refractivity contribution in [1.82, 2.24) is 10.2 Å². The number of unbranched alkanes of at least 4 members (excludes halogenated alkanes) is 6. The normalized spacial score (nSPS) is 18.4. The second-order valence-electron chi connectivity index (χ2n) is 9.44. The van der Waals surface area contributed by atoms with Gasteiger partial charge in [-0.15, -0.1) is 0 Å². The quantitative estimate of drug-likeness (QED) is 0.303. The Morgan fingerprint density at radius 3 is 2.33 bits per heavy atom. The lowest BCUT2D eigenvalue weighted by molar-refractivity contribution is -0.132. The van der Waals surface area contributed by atoms with Gasteiger partial charge in [0.25, 0.3) is 0 Å². The number of nitrogens with zero attached hydrogens (tertiary/aromatic N) is 1. The van der Waals surface area contributed by atoms with Crippen molar-refractivity contribution in [3.63, 3.8) is 0 Å². The van der Waals surface area contributed by atoms with Gasteiger partial charge < -0.3 is 15.0 Å². The molecule has 188 valence electrons. The molecule has 1 aliphatic carbocycles. The van der Waals surface area contributed by atoms with Crippen LogP contribution in [0.5, 0.6) is 0 Å². The first-order valence-electron chi connectivity index (χ1n) is 13.0. The summed E-state index contributed by atoms with van der Waals surface area (Å²) in [7, 11) is 1.79. The third-order valence-electron chi connectivity index (χ3n) is 6.75. The Kier molecular flexibility index (Phi) is 13.6. The lowest BCUT2D eigenvalue weighted by Crippen LogP contribution is -2.41. The number of carbonyl (C=O) groups excluding carboxylic acids is 1. The molecule has 0 aromatic heterocycles. The van der Waals surface area contributed by atoms with Crippen LogP contribution in [-0.4, -0.2) is 49.7 Å². The number of rotatable bonds is 16. The van der Waals surface area contributed by atoms with Crippen molar-refractivity contribution >= 4 is 5.91 Å². The van der Waals surface area contributed by atoms with E-state index in [1.54, 1.807) is 11.9 Å². The van der Waals surface area contributed by atoms with Gasteiger partial charge in [-0.25, -0.2) is 8.78 Å². The van der Waals surface area contributed by atoms with E-state index >= 15 is 0 Å². The van der Waals surface area contributed by atoms with E-state index < -0.39 is 11.6 Å². The fourth-order valence-corrected chi connectivity index (χ4v) is 4.51. The summed E-state index contributed by atoms with van der Waals surface area (Å²) in [6.07, 6.45) is 14.0. The average molecular weight is 467 g/mol. The predicted molar refractivity (Wildman–Crippen MR) is 130 cm³/mol. The van der Waals surface area contributed by atoms with E-state index in [0.717, 1.165) is 57.9 Å². The van der Waals surface area contributed by atoms with Gasteiger partial charge in [0.2, 0.25) is 5.91 Å². The molecule has 0 bridgehead atoms. The highest BCUT2D eigenvalue weighted by Gasteiger charge is 2.27. The zero-order valence-corrected chi connectivity index (χ0v) is 20.7. The summed E-state index contributed by atoms with van der Waals surface area (Å²) in [6.45, 7) is 5.33. The number of carbonyl (C=O) groups is 1. The summed E-state index contributed by atoms with van der Waals surface area (Å²) in [5.74, 6) is -1.41. The molecule has 6 heteroatoms. The molecule has 33 heavy (non-hydrogen) atoms. The zero-order chi connectivity index (χ0) is 23.9. The third kappa shape index (κ3) is 11.0. The molecular formula is C27H44F2N2O2. The summed E-state index contributed by atoms with van der Waals surface area (Å²) in [5.41, 5.74) is 0.244. The van der Waals surface area contributed by atoms with Crippen molar-refractivity contribution in [3.05, 3.63) is 35.4 Å². The Morgan fingerprint density at radius 1 is 1.00 bits per heavy atom. The van der Waals surface area contributed by atoms with Crippen molar-refractivity contribution < 1.29 is 18.3 Å². The van der Waals surface area contributed by atoms with Crippen LogP contribution in [0.15, 0.2) is 18.2 Å². The standard InChI is InChI=1S/C27H44F2N2O2/c1-3-4-5-8-17-30-18-9-6-7-10-19-33-25-15-13-24(14-16-25)31(2)27(32)20-22-11-12-23(28)21-26(22)29/h11-12,21,24-25,30H,3-10,13-20H2,1-2H3/t24-,25-. The lowest BCUT2D eigenvalue weighted by Gasteiger charge is -2.34. The third-order valence-corrected chi connectivity index (χ3v) is 6.75. The van der Waals surface area contributed by atoms with Gasteiger partial charge in [-0.3, -0.25) is 4.79 Å². The molecule has 0 spiro atoms. The SMILES string of the molecule is CCCCCCNCCCCCCO[C@H]1CC[C@H](N(C)C(=O)Cc2ccc(F)cc2F)CC1. The molecule has 1 aromatic carbocycles. The first kappa shape index (κ1) is 27.7. The number of benzene rings is 1. The molecule has 2 rings (SSSR count). The van der Waals surface area contributed by atoms with Crippen LogP contribution in [0.4, 0.5) is 8.78 Å². The molecule has 0 heterocycles. The highest BCUT2D eigenvalue weighted by atomic mass is 19.1. The highest BCUT2D eigenvalue weighted by molar-refractivity contribution is 5.78. The van der Waals surface area contributed by atoms with E-state index in [-0.39, 0.29) is 30.0 Å². The minimum Gasteiger partial charge on any atom is -0.378 e. The summed E-state index contributed by atoms with van der Waals surface area (Å²) >= 11 is 0. The molecule has 0 saturated heterocycles. The number of likely N-dealkylation sites (N-methyl/N-ethyl adjacent to an activating group) is 1. The molecule has 1 amide bonds. The fourth-order valence-electron chi connectivity index (χ4n) is 4.51. The highest BCUT2D eigenvalue weighted by Crippen LogP contribution is 2.25. The Bertz CT molecular complexity index is 678. The Labute approximate surface area is 199 Å². The monoisotopic (exact) mass is 466 g/mol. The van der Waals surface area contributed by atoms with Crippen molar-refractivity contribution in [2.45, 2.75) is 103 Å². The summed E-state index contributed by atoms with van der Waals surface area (Å²) in [5, 5.41) is 3.53. The van der Waals surface area contributed by atoms with E-state index in [2.05, 4.69) is 12.2 Å². The maximum absolute atomic E-state index is 13.8. The number of hydrogen-bond donors (Lipinski definition) is 1. The molecular weight excluding hydrogens is 422 g/mol. The smallest absolute Gasteiger partial charge is 0.227 e. The van der Waals surface area contributed by atoms with Crippen LogP contribution in [0, 0.1) is 11.6 Å². The van der Waals surface area contributed by atoms with Gasteiger partial charge in [-0.05, 0) is 69.7 Å². The van der Waals surface area contributed by atoms with E-state index in [9.17, 15) is 13.6 Å². The first-order chi connectivity index (χ1) is 16.0. The summed E-state index contributed by atoms with van der Waals surface area (Å²) in [6, 6.07) is 3.54. The molecule has 0 aliphatic heterocycles. The van der Waals surface area contributed by atoms with Gasteiger partial charge in [0.15, 0.2) is 0 Å². The number of hydrogen-bond acceptors (Lipinski definition) is 3. The summed E-state index contributed by atoms with van der Waals surface area (Å²) < 4.78 is 33.0. The van der Waals surface area contributed by atoms with Crippen LogP contribution in [-0.2, 0) is 16.0 Å². The first-order valence-corrected chi connectivity index (χ1v) is 13.0. The fraction of sp³-hybridized carbons (Fsp3) is 0.741. The van der Waals surface area contributed by atoms with Crippen molar-refractivity contribution in [2.24, 2.45) is 0 Å². The number of ether oxygens (including phenoxy) is 1. The second-order valence-corrected chi connectivity index (χ2v) is 9.44. The van der Waals surface area contributed by atoms with Crippen LogP contribution >= 0.6 is 0 Å². The van der Waals surface area contributed by atoms with Gasteiger partial charge in [0.05, 0.1) is 12.5 Å². The van der Waals surface area contributed by atoms with E-state index in [1.165, 1.54) is 57.1 Å². The largest absolute Gasteiger partial charge is 0.378 e. The van der Waals surface area contributed by atoms with Gasteiger partial charge in [0, 0.05) is 25.8 Å². The van der Waals surface area contributed by atoms with Crippen molar-refractivity contribution in [2.75, 3.05) is 26.7 Å². The number of amides is 1. The second kappa shape index (κ2) is 16.2. The maximum Gasteiger partial charge on any atom is 0.227 e. The minimum absolute atomic E-state index is 0.0343. The van der Waals surface area contributed by atoms with Gasteiger partial charge in [-0.1, -0.05) is 45.1 Å². The molecule has 0 radical (unpaired) electrons. The minimum atomic E-state index is -0.660. The lowest BCUT2D eigenvalue weighted by atomic mass is 9.91. The number of halogens is 2. The van der Waals surface area contributed by atoms with E-state index in [1.807, 2.05) is 0 Å². The topological polar surface area (TPSA) is 41.6 Å². The molecule has 1 fully saturated rings. The van der Waals surface area contributed by atoms with Crippen molar-refractivity contribution in [1.29, 1.82) is 0 Å². The van der Waals surface area contributed by atoms with E-state index in [0.29, 0.717) is 0 Å². The zero-order valence-electron chi connectivity index (χ0n) is 20.7. The Hall–Kier alpha value is -1.53. The predicted octanol–water partition coefficient (Wildman–Crippen LogP) is 6.02. The maximum atomic E-state index is 13.8. The molecule has 1 aromatic rings. The van der Waals surface area contributed by atoms with E-state index in [4.69, 9.17) is 4.74 Å². The molecule has 0 unspecified atom stereocenters. The molecule has 1 saturated carbocycles. The number of nitrogens with one attached hydrogen (secondary N) is 1. The van der Waals surface area contributed by atoms with Crippen LogP contribution in [0.2, 0.25) is 0 Å². The molecule has 1 aliphatic rings.